The number of rotatable bonds is 11. The maximum atomic E-state index is 13.6. The monoisotopic (exact) mass is 551 g/mol. The lowest BCUT2D eigenvalue weighted by atomic mass is 10.1. The number of hydrogen-bond acceptors (Lipinski definition) is 4. The fraction of sp³-hybridized carbons (Fsp3) is 0.440. The van der Waals surface area contributed by atoms with E-state index in [-0.39, 0.29) is 18.5 Å². The number of halogens is 1. The Hall–Kier alpha value is -2.39. The van der Waals surface area contributed by atoms with Gasteiger partial charge in [-0.2, -0.15) is 0 Å². The van der Waals surface area contributed by atoms with E-state index in [1.54, 1.807) is 19.1 Å². The second-order valence-electron chi connectivity index (χ2n) is 8.40. The third-order valence-electron chi connectivity index (χ3n) is 5.73. The number of carbonyl (C=O) groups is 2. The third-order valence-corrected chi connectivity index (χ3v) is 7.35. The van der Waals surface area contributed by atoms with Crippen LogP contribution < -0.4 is 9.62 Å². The maximum Gasteiger partial charge on any atom is 0.244 e. The molecule has 7 nitrogen and oxygen atoms in total. The van der Waals surface area contributed by atoms with Crippen LogP contribution in [0.5, 0.6) is 0 Å². The van der Waals surface area contributed by atoms with Gasteiger partial charge in [-0.05, 0) is 56.0 Å². The molecule has 1 N–H and O–H groups in total. The van der Waals surface area contributed by atoms with Gasteiger partial charge in [-0.3, -0.25) is 13.9 Å². The summed E-state index contributed by atoms with van der Waals surface area (Å²) < 4.78 is 27.4. The molecule has 186 valence electrons. The van der Waals surface area contributed by atoms with Crippen LogP contribution in [0.1, 0.15) is 45.2 Å². The Morgan fingerprint density at radius 1 is 1.06 bits per heavy atom. The molecular formula is C25H34BrN3O4S. The van der Waals surface area contributed by atoms with Gasteiger partial charge >= 0.3 is 0 Å². The minimum Gasteiger partial charge on any atom is -0.352 e. The van der Waals surface area contributed by atoms with E-state index in [9.17, 15) is 18.0 Å². The number of para-hydroxylation sites is 1. The van der Waals surface area contributed by atoms with E-state index in [1.807, 2.05) is 57.2 Å². The van der Waals surface area contributed by atoms with Crippen LogP contribution in [0, 0.1) is 0 Å². The number of benzene rings is 2. The number of amides is 2. The van der Waals surface area contributed by atoms with Crippen molar-refractivity contribution >= 4 is 43.5 Å². The molecule has 0 heterocycles. The molecule has 0 spiro atoms. The zero-order valence-corrected chi connectivity index (χ0v) is 22.8. The number of nitrogens with one attached hydrogen (secondary N) is 1. The van der Waals surface area contributed by atoms with Crippen LogP contribution >= 0.6 is 15.9 Å². The molecule has 0 aromatic heterocycles. The van der Waals surface area contributed by atoms with E-state index in [1.165, 1.54) is 4.90 Å². The smallest absolute Gasteiger partial charge is 0.244 e. The molecule has 0 aliphatic carbocycles. The first-order valence-corrected chi connectivity index (χ1v) is 14.0. The molecule has 34 heavy (non-hydrogen) atoms. The normalized spacial score (nSPS) is 13.1. The number of sulfonamides is 1. The van der Waals surface area contributed by atoms with Crippen molar-refractivity contribution in [2.75, 3.05) is 17.1 Å². The van der Waals surface area contributed by atoms with Gasteiger partial charge in [0.05, 0.1) is 11.9 Å². The van der Waals surface area contributed by atoms with Crippen molar-refractivity contribution in [1.29, 1.82) is 0 Å². The zero-order valence-electron chi connectivity index (χ0n) is 20.4. The van der Waals surface area contributed by atoms with E-state index in [4.69, 9.17) is 0 Å². The van der Waals surface area contributed by atoms with Gasteiger partial charge in [0.15, 0.2) is 0 Å². The van der Waals surface area contributed by atoms with Crippen LogP contribution in [0.15, 0.2) is 53.0 Å². The summed E-state index contributed by atoms with van der Waals surface area (Å²) in [6.45, 7) is 7.24. The summed E-state index contributed by atoms with van der Waals surface area (Å²) in [7, 11) is -3.75. The lowest BCUT2D eigenvalue weighted by Gasteiger charge is -2.32. The molecule has 0 aliphatic heterocycles. The Bertz CT molecular complexity index is 1110. The third kappa shape index (κ3) is 7.56. The van der Waals surface area contributed by atoms with Crippen LogP contribution in [0.25, 0.3) is 0 Å². The molecule has 0 saturated carbocycles. The first-order valence-electron chi connectivity index (χ1n) is 11.4. The second-order valence-corrected chi connectivity index (χ2v) is 11.2. The van der Waals surface area contributed by atoms with Gasteiger partial charge in [-0.15, -0.1) is 0 Å². The summed E-state index contributed by atoms with van der Waals surface area (Å²) in [4.78, 5) is 28.0. The summed E-state index contributed by atoms with van der Waals surface area (Å²) in [6.07, 6.45) is 2.46. The summed E-state index contributed by atoms with van der Waals surface area (Å²) >= 11 is 3.44. The molecule has 0 radical (unpaired) electrons. The quantitative estimate of drug-likeness (QED) is 0.455. The number of nitrogens with zero attached hydrogens (tertiary/aromatic N) is 2. The van der Waals surface area contributed by atoms with E-state index < -0.39 is 28.5 Å². The van der Waals surface area contributed by atoms with Crippen LogP contribution in [0.2, 0.25) is 0 Å². The zero-order chi connectivity index (χ0) is 25.5. The molecule has 0 aliphatic rings. The summed E-state index contributed by atoms with van der Waals surface area (Å²) in [5.41, 5.74) is 2.12. The van der Waals surface area contributed by atoms with Gasteiger partial charge in [0, 0.05) is 17.1 Å². The molecule has 9 heteroatoms. The highest BCUT2D eigenvalue weighted by Crippen LogP contribution is 2.24. The lowest BCUT2D eigenvalue weighted by Crippen LogP contribution is -2.52. The summed E-state index contributed by atoms with van der Waals surface area (Å²) in [5.74, 6) is -0.735. The Kier molecular flexibility index (Phi) is 10.1. The Labute approximate surface area is 211 Å². The average molecular weight is 553 g/mol. The minimum absolute atomic E-state index is 0.0401. The van der Waals surface area contributed by atoms with Crippen LogP contribution in [-0.4, -0.2) is 50.0 Å². The van der Waals surface area contributed by atoms with Crippen molar-refractivity contribution in [3.63, 3.8) is 0 Å². The Morgan fingerprint density at radius 3 is 2.32 bits per heavy atom. The Balaban J connectivity index is 2.42. The van der Waals surface area contributed by atoms with Crippen molar-refractivity contribution in [2.45, 2.75) is 59.2 Å². The van der Waals surface area contributed by atoms with E-state index >= 15 is 0 Å². The average Bonchev–Trinajstić information content (AvgIpc) is 2.79. The van der Waals surface area contributed by atoms with Gasteiger partial charge in [-0.25, -0.2) is 8.42 Å². The molecule has 0 saturated heterocycles. The van der Waals surface area contributed by atoms with Crippen LogP contribution in [0.4, 0.5) is 5.69 Å². The molecular weight excluding hydrogens is 518 g/mol. The van der Waals surface area contributed by atoms with Crippen molar-refractivity contribution in [2.24, 2.45) is 0 Å². The predicted octanol–water partition coefficient (Wildman–Crippen LogP) is 4.11. The van der Waals surface area contributed by atoms with Gasteiger partial charge < -0.3 is 10.2 Å². The fourth-order valence-electron chi connectivity index (χ4n) is 3.53. The second kappa shape index (κ2) is 12.4. The highest BCUT2D eigenvalue weighted by Gasteiger charge is 2.31. The molecule has 2 amide bonds. The summed E-state index contributed by atoms with van der Waals surface area (Å²) in [5, 5.41) is 2.92. The van der Waals surface area contributed by atoms with Crippen LogP contribution in [0.3, 0.4) is 0 Å². The number of carbonyl (C=O) groups excluding carboxylic acids is 2. The molecule has 2 atom stereocenters. The minimum atomic E-state index is -3.75. The molecule has 0 fully saturated rings. The largest absolute Gasteiger partial charge is 0.352 e. The number of aryl methyl sites for hydroxylation is 1. The number of anilines is 1. The van der Waals surface area contributed by atoms with Gasteiger partial charge in [0.1, 0.15) is 12.6 Å². The van der Waals surface area contributed by atoms with Crippen molar-refractivity contribution < 1.29 is 18.0 Å². The fourth-order valence-corrected chi connectivity index (χ4v) is 4.86. The van der Waals surface area contributed by atoms with Crippen molar-refractivity contribution in [3.8, 4) is 0 Å². The molecule has 2 aromatic rings. The van der Waals surface area contributed by atoms with Gasteiger partial charge in [0.25, 0.3) is 0 Å². The summed E-state index contributed by atoms with van der Waals surface area (Å²) in [6, 6.07) is 13.8. The SMILES string of the molecule is CCc1ccccc1N(CC(=O)N(Cc1cccc(Br)c1)[C@@H](C)C(=O)N[C@H](C)CC)S(C)(=O)=O. The first-order chi connectivity index (χ1) is 16.0. The highest BCUT2D eigenvalue weighted by atomic mass is 79.9. The van der Waals surface area contributed by atoms with Crippen molar-refractivity contribution in [1.82, 2.24) is 10.2 Å². The van der Waals surface area contributed by atoms with Crippen LogP contribution in [-0.2, 0) is 32.6 Å². The highest BCUT2D eigenvalue weighted by molar-refractivity contribution is 9.10. The van der Waals surface area contributed by atoms with Crippen molar-refractivity contribution in [3.05, 3.63) is 64.1 Å². The van der Waals surface area contributed by atoms with E-state index in [0.717, 1.165) is 32.6 Å². The predicted molar refractivity (Wildman–Crippen MR) is 140 cm³/mol. The van der Waals surface area contributed by atoms with Gasteiger partial charge in [0.2, 0.25) is 21.8 Å². The van der Waals surface area contributed by atoms with E-state index in [2.05, 4.69) is 21.2 Å². The first kappa shape index (κ1) is 27.9. The molecule has 2 rings (SSSR count). The Morgan fingerprint density at radius 2 is 1.74 bits per heavy atom. The van der Waals surface area contributed by atoms with Gasteiger partial charge in [-0.1, -0.05) is 60.1 Å². The lowest BCUT2D eigenvalue weighted by molar-refractivity contribution is -0.139. The number of hydrogen-bond donors (Lipinski definition) is 1. The standard InChI is InChI=1S/C25H34BrN3O4S/c1-6-18(3)27-25(31)19(4)28(16-20-11-10-13-22(26)15-20)24(30)17-29(34(5,32)33)23-14-9-8-12-21(23)7-2/h8-15,18-19H,6-7,16-17H2,1-5H3,(H,27,31)/t18-,19+/m1/s1. The molecule has 2 aromatic carbocycles. The topological polar surface area (TPSA) is 86.8 Å². The van der Waals surface area contributed by atoms with E-state index in [0.29, 0.717) is 12.1 Å². The molecule has 0 unspecified atom stereocenters. The maximum absolute atomic E-state index is 13.6. The molecule has 0 bridgehead atoms.